The van der Waals surface area contributed by atoms with Gasteiger partial charge in [-0.15, -0.1) is 0 Å². The Bertz CT molecular complexity index is 351. The third-order valence-electron chi connectivity index (χ3n) is 3.03. The highest BCUT2D eigenvalue weighted by molar-refractivity contribution is 5.42. The van der Waals surface area contributed by atoms with Gasteiger partial charge < -0.3 is 20.3 Å². The molecule has 96 valence electrons. The molecule has 1 aromatic rings. The Kier molecular flexibility index (Phi) is 5.25. The number of hydrogen-bond acceptors (Lipinski definition) is 4. The van der Waals surface area contributed by atoms with Gasteiger partial charge in [-0.2, -0.15) is 0 Å². The van der Waals surface area contributed by atoms with Gasteiger partial charge in [0.1, 0.15) is 11.5 Å². The van der Waals surface area contributed by atoms with Crippen LogP contribution in [0.25, 0.3) is 0 Å². The number of benzene rings is 1. The normalized spacial score (nSPS) is 14.2. The summed E-state index contributed by atoms with van der Waals surface area (Å²) in [7, 11) is 3.17. The third-order valence-corrected chi connectivity index (χ3v) is 3.03. The Morgan fingerprint density at radius 3 is 2.47 bits per heavy atom. The van der Waals surface area contributed by atoms with Gasteiger partial charge in [-0.3, -0.25) is 0 Å². The first kappa shape index (κ1) is 13.8. The first-order valence-corrected chi connectivity index (χ1v) is 5.77. The molecule has 0 saturated carbocycles. The zero-order valence-electron chi connectivity index (χ0n) is 10.6. The highest BCUT2D eigenvalue weighted by Gasteiger charge is 2.21. The predicted molar refractivity (Wildman–Crippen MR) is 67.3 cm³/mol. The molecule has 0 aliphatic rings. The summed E-state index contributed by atoms with van der Waals surface area (Å²) < 4.78 is 10.4. The Balaban J connectivity index is 3.03. The van der Waals surface area contributed by atoms with Crippen molar-refractivity contribution in [1.29, 1.82) is 0 Å². The van der Waals surface area contributed by atoms with Gasteiger partial charge in [0.2, 0.25) is 0 Å². The van der Waals surface area contributed by atoms with Gasteiger partial charge in [-0.05, 0) is 25.1 Å². The zero-order chi connectivity index (χ0) is 12.8. The smallest absolute Gasteiger partial charge is 0.128 e. The molecule has 17 heavy (non-hydrogen) atoms. The van der Waals surface area contributed by atoms with Crippen molar-refractivity contribution in [3.63, 3.8) is 0 Å². The molecule has 0 amide bonds. The maximum absolute atomic E-state index is 10.3. The molecule has 3 N–H and O–H groups in total. The van der Waals surface area contributed by atoms with Crippen LogP contribution >= 0.6 is 0 Å². The van der Waals surface area contributed by atoms with Crippen LogP contribution in [0.4, 0.5) is 0 Å². The summed E-state index contributed by atoms with van der Waals surface area (Å²) in [5.74, 6) is 1.37. The lowest BCUT2D eigenvalue weighted by atomic mass is 9.93. The topological polar surface area (TPSA) is 64.7 Å². The van der Waals surface area contributed by atoms with Crippen LogP contribution in [0.5, 0.6) is 11.5 Å². The van der Waals surface area contributed by atoms with Gasteiger partial charge in [-0.1, -0.05) is 6.92 Å². The monoisotopic (exact) mass is 239 g/mol. The molecule has 1 aromatic carbocycles. The summed E-state index contributed by atoms with van der Waals surface area (Å²) in [4.78, 5) is 0. The average Bonchev–Trinajstić information content (AvgIpc) is 2.39. The number of ether oxygens (including phenoxy) is 2. The first-order chi connectivity index (χ1) is 8.17. The van der Waals surface area contributed by atoms with Crippen molar-refractivity contribution in [2.75, 3.05) is 20.8 Å². The Labute approximate surface area is 102 Å². The fourth-order valence-electron chi connectivity index (χ4n) is 1.84. The largest absolute Gasteiger partial charge is 0.497 e. The van der Waals surface area contributed by atoms with E-state index in [1.807, 2.05) is 19.1 Å². The third kappa shape index (κ3) is 3.11. The van der Waals surface area contributed by atoms with E-state index in [9.17, 15) is 5.11 Å². The molecule has 2 unspecified atom stereocenters. The van der Waals surface area contributed by atoms with E-state index in [2.05, 4.69) is 0 Å². The lowest BCUT2D eigenvalue weighted by Gasteiger charge is -2.22. The van der Waals surface area contributed by atoms with Crippen LogP contribution in [-0.4, -0.2) is 25.9 Å². The van der Waals surface area contributed by atoms with Crippen molar-refractivity contribution >= 4 is 0 Å². The van der Waals surface area contributed by atoms with Crippen LogP contribution in [0.15, 0.2) is 18.2 Å². The van der Waals surface area contributed by atoms with Crippen molar-refractivity contribution in [3.8, 4) is 11.5 Å². The average molecular weight is 239 g/mol. The van der Waals surface area contributed by atoms with E-state index < -0.39 is 6.10 Å². The number of nitrogens with two attached hydrogens (primary N) is 1. The number of aliphatic hydroxyl groups excluding tert-OH is 1. The number of methoxy groups -OCH3 is 2. The van der Waals surface area contributed by atoms with E-state index in [4.69, 9.17) is 15.2 Å². The van der Waals surface area contributed by atoms with Crippen LogP contribution < -0.4 is 15.2 Å². The minimum Gasteiger partial charge on any atom is -0.497 e. The van der Waals surface area contributed by atoms with Gasteiger partial charge in [0.25, 0.3) is 0 Å². The summed E-state index contributed by atoms with van der Waals surface area (Å²) in [6.45, 7) is 2.46. The van der Waals surface area contributed by atoms with Crippen LogP contribution in [0.2, 0.25) is 0 Å². The van der Waals surface area contributed by atoms with E-state index >= 15 is 0 Å². The molecule has 0 radical (unpaired) electrons. The van der Waals surface area contributed by atoms with Crippen LogP contribution in [0.1, 0.15) is 25.0 Å². The summed E-state index contributed by atoms with van der Waals surface area (Å²) in [5, 5.41) is 10.3. The molecule has 4 nitrogen and oxygen atoms in total. The van der Waals surface area contributed by atoms with Crippen molar-refractivity contribution in [3.05, 3.63) is 23.8 Å². The fourth-order valence-corrected chi connectivity index (χ4v) is 1.84. The Morgan fingerprint density at radius 1 is 1.29 bits per heavy atom. The summed E-state index contributed by atoms with van der Waals surface area (Å²) >= 11 is 0. The molecule has 0 aliphatic heterocycles. The lowest BCUT2D eigenvalue weighted by molar-refractivity contribution is 0.107. The minimum atomic E-state index is -0.606. The van der Waals surface area contributed by atoms with E-state index in [1.165, 1.54) is 0 Å². The summed E-state index contributed by atoms with van der Waals surface area (Å²) in [5.41, 5.74) is 6.40. The molecule has 0 heterocycles. The quantitative estimate of drug-likeness (QED) is 0.793. The number of aliphatic hydroxyl groups is 1. The van der Waals surface area contributed by atoms with E-state index in [0.29, 0.717) is 18.0 Å². The molecular weight excluding hydrogens is 218 g/mol. The van der Waals surface area contributed by atoms with Crippen molar-refractivity contribution in [2.45, 2.75) is 19.4 Å². The standard InChI is InChI=1S/C13H21NO3/c1-4-9(8-14)13(15)11-6-5-10(16-2)7-12(11)17-3/h5-7,9,13,15H,4,8,14H2,1-3H3. The minimum absolute atomic E-state index is 0.0392. The van der Waals surface area contributed by atoms with Gasteiger partial charge in [0.15, 0.2) is 0 Å². The molecule has 2 atom stereocenters. The lowest BCUT2D eigenvalue weighted by Crippen LogP contribution is -2.21. The van der Waals surface area contributed by atoms with Crippen molar-refractivity contribution in [1.82, 2.24) is 0 Å². The van der Waals surface area contributed by atoms with Crippen LogP contribution in [-0.2, 0) is 0 Å². The molecule has 0 fully saturated rings. The first-order valence-electron chi connectivity index (χ1n) is 5.77. The second-order valence-corrected chi connectivity index (χ2v) is 3.96. The fraction of sp³-hybridized carbons (Fsp3) is 0.538. The summed E-state index contributed by atoms with van der Waals surface area (Å²) in [6, 6.07) is 5.40. The highest BCUT2D eigenvalue weighted by atomic mass is 16.5. The van der Waals surface area contributed by atoms with E-state index in [-0.39, 0.29) is 5.92 Å². The Hall–Kier alpha value is -1.26. The van der Waals surface area contributed by atoms with Gasteiger partial charge >= 0.3 is 0 Å². The van der Waals surface area contributed by atoms with E-state index in [1.54, 1.807) is 20.3 Å². The molecule has 0 bridgehead atoms. The molecule has 0 spiro atoms. The summed E-state index contributed by atoms with van der Waals surface area (Å²) in [6.07, 6.45) is 0.221. The van der Waals surface area contributed by atoms with Gasteiger partial charge in [-0.25, -0.2) is 0 Å². The SMILES string of the molecule is CCC(CN)C(O)c1ccc(OC)cc1OC. The van der Waals surface area contributed by atoms with E-state index in [0.717, 1.165) is 12.0 Å². The highest BCUT2D eigenvalue weighted by Crippen LogP contribution is 2.33. The second kappa shape index (κ2) is 6.47. The zero-order valence-corrected chi connectivity index (χ0v) is 10.6. The molecule has 0 saturated heterocycles. The predicted octanol–water partition coefficient (Wildman–Crippen LogP) is 1.72. The van der Waals surface area contributed by atoms with Gasteiger partial charge in [0, 0.05) is 17.5 Å². The maximum Gasteiger partial charge on any atom is 0.128 e. The molecule has 0 aromatic heterocycles. The molecule has 0 aliphatic carbocycles. The Morgan fingerprint density at radius 2 is 2.00 bits per heavy atom. The second-order valence-electron chi connectivity index (χ2n) is 3.96. The number of rotatable bonds is 6. The molecular formula is C13H21NO3. The van der Waals surface area contributed by atoms with Crippen molar-refractivity contribution in [2.24, 2.45) is 11.7 Å². The van der Waals surface area contributed by atoms with Gasteiger partial charge in [0.05, 0.1) is 20.3 Å². The van der Waals surface area contributed by atoms with Crippen molar-refractivity contribution < 1.29 is 14.6 Å². The van der Waals surface area contributed by atoms with Crippen LogP contribution in [0, 0.1) is 5.92 Å². The van der Waals surface area contributed by atoms with Crippen LogP contribution in [0.3, 0.4) is 0 Å². The molecule has 1 rings (SSSR count). The molecule has 4 heteroatoms. The maximum atomic E-state index is 10.3. The number of hydrogen-bond donors (Lipinski definition) is 2.